The molecule has 0 bridgehead atoms. The Morgan fingerprint density at radius 2 is 1.88 bits per heavy atom. The second-order valence-corrected chi connectivity index (χ2v) is 7.56. The zero-order chi connectivity index (χ0) is 18.8. The summed E-state index contributed by atoms with van der Waals surface area (Å²) in [4.78, 5) is 36.6. The van der Waals surface area contributed by atoms with Crippen LogP contribution in [0.4, 0.5) is 17.1 Å². The lowest BCUT2D eigenvalue weighted by Gasteiger charge is -2.17. The minimum absolute atomic E-state index is 0.0765. The molecule has 2 amide bonds. The van der Waals surface area contributed by atoms with Crippen molar-refractivity contribution in [3.8, 4) is 0 Å². The van der Waals surface area contributed by atoms with Gasteiger partial charge in [-0.2, -0.15) is 0 Å². The molecule has 2 aromatic rings. The summed E-state index contributed by atoms with van der Waals surface area (Å²) >= 11 is 6.57. The molecule has 0 saturated carbocycles. The summed E-state index contributed by atoms with van der Waals surface area (Å²) in [6, 6.07) is 11.4. The molecule has 0 aromatic heterocycles. The molecule has 2 aromatic carbocycles. The second kappa shape index (κ2) is 7.55. The van der Waals surface area contributed by atoms with Gasteiger partial charge in [-0.25, -0.2) is 0 Å². The van der Waals surface area contributed by atoms with Crippen LogP contribution < -0.4 is 10.2 Å². The number of carbonyl (C=O) groups excluding carboxylic acids is 2. The Bertz CT molecular complexity index is 886. The van der Waals surface area contributed by atoms with E-state index in [4.69, 9.17) is 0 Å². The van der Waals surface area contributed by atoms with Gasteiger partial charge >= 0.3 is 0 Å². The third-order valence-electron chi connectivity index (χ3n) is 4.06. The number of carbonyl (C=O) groups is 2. The zero-order valence-corrected chi connectivity index (χ0v) is 16.5. The molecule has 0 spiro atoms. The van der Waals surface area contributed by atoms with Crippen molar-refractivity contribution in [2.24, 2.45) is 5.92 Å². The van der Waals surface area contributed by atoms with E-state index in [1.807, 2.05) is 24.3 Å². The Morgan fingerprint density at radius 3 is 2.50 bits per heavy atom. The highest BCUT2D eigenvalue weighted by Crippen LogP contribution is 2.30. The van der Waals surface area contributed by atoms with Crippen LogP contribution in [-0.2, 0) is 9.59 Å². The average molecular weight is 483 g/mol. The number of amides is 2. The predicted molar refractivity (Wildman–Crippen MR) is 104 cm³/mol. The summed E-state index contributed by atoms with van der Waals surface area (Å²) in [5.74, 6) is -0.906. The van der Waals surface area contributed by atoms with E-state index in [1.54, 1.807) is 4.90 Å². The molecule has 9 heteroatoms. The maximum atomic E-state index is 12.5. The van der Waals surface area contributed by atoms with Crippen LogP contribution in [0.25, 0.3) is 0 Å². The molecule has 1 aliphatic heterocycles. The molecule has 26 heavy (non-hydrogen) atoms. The second-order valence-electron chi connectivity index (χ2n) is 5.79. The van der Waals surface area contributed by atoms with E-state index in [1.165, 1.54) is 18.2 Å². The van der Waals surface area contributed by atoms with Crippen LogP contribution in [0.15, 0.2) is 51.4 Å². The van der Waals surface area contributed by atoms with Crippen LogP contribution in [0.5, 0.6) is 0 Å². The van der Waals surface area contributed by atoms with E-state index in [0.29, 0.717) is 10.2 Å². The van der Waals surface area contributed by atoms with Crippen LogP contribution in [0.1, 0.15) is 6.42 Å². The molecule has 1 heterocycles. The lowest BCUT2D eigenvalue weighted by atomic mass is 10.1. The van der Waals surface area contributed by atoms with Gasteiger partial charge in [-0.15, -0.1) is 0 Å². The average Bonchev–Trinajstić information content (AvgIpc) is 2.99. The highest BCUT2D eigenvalue weighted by Gasteiger charge is 2.35. The summed E-state index contributed by atoms with van der Waals surface area (Å²) in [5.41, 5.74) is 1.09. The van der Waals surface area contributed by atoms with Gasteiger partial charge in [0.2, 0.25) is 11.8 Å². The highest BCUT2D eigenvalue weighted by molar-refractivity contribution is 9.10. The van der Waals surface area contributed by atoms with Crippen molar-refractivity contribution in [3.63, 3.8) is 0 Å². The third kappa shape index (κ3) is 3.94. The van der Waals surface area contributed by atoms with Crippen molar-refractivity contribution in [2.75, 3.05) is 16.8 Å². The van der Waals surface area contributed by atoms with Crippen molar-refractivity contribution in [1.29, 1.82) is 0 Å². The summed E-state index contributed by atoms with van der Waals surface area (Å²) in [6.45, 7) is 0.289. The van der Waals surface area contributed by atoms with Gasteiger partial charge in [0.05, 0.1) is 16.5 Å². The van der Waals surface area contributed by atoms with E-state index in [2.05, 4.69) is 37.2 Å². The number of nitro groups is 1. The molecule has 134 valence electrons. The molecule has 1 fully saturated rings. The Kier molecular flexibility index (Phi) is 5.38. The van der Waals surface area contributed by atoms with E-state index in [9.17, 15) is 19.7 Å². The van der Waals surface area contributed by atoms with Crippen molar-refractivity contribution < 1.29 is 14.5 Å². The van der Waals surface area contributed by atoms with Crippen molar-refractivity contribution in [3.05, 3.63) is 61.5 Å². The molecule has 3 rings (SSSR count). The quantitative estimate of drug-likeness (QED) is 0.524. The number of non-ortho nitro benzene ring substituents is 1. The Labute approximate surface area is 165 Å². The number of nitro benzene ring substituents is 1. The number of halogens is 2. The van der Waals surface area contributed by atoms with Crippen molar-refractivity contribution >= 4 is 60.7 Å². The van der Waals surface area contributed by atoms with Gasteiger partial charge in [-0.1, -0.05) is 15.9 Å². The molecule has 0 radical (unpaired) electrons. The number of nitrogens with zero attached hydrogens (tertiary/aromatic N) is 2. The SMILES string of the molecule is O=C(Nc1ccc([N+](=O)[O-])cc1Br)[C@@H]1CC(=O)N(c2ccc(Br)cc2)C1. The van der Waals surface area contributed by atoms with Gasteiger partial charge in [-0.05, 0) is 46.3 Å². The molecule has 0 unspecified atom stereocenters. The van der Waals surface area contributed by atoms with E-state index < -0.39 is 10.8 Å². The topological polar surface area (TPSA) is 92.5 Å². The first-order chi connectivity index (χ1) is 12.3. The van der Waals surface area contributed by atoms with Crippen LogP contribution >= 0.6 is 31.9 Å². The minimum atomic E-state index is -0.512. The van der Waals surface area contributed by atoms with Gasteiger partial charge in [0.1, 0.15) is 0 Å². The molecule has 1 N–H and O–H groups in total. The molecular formula is C17H13Br2N3O4. The summed E-state index contributed by atoms with van der Waals surface area (Å²) in [5, 5.41) is 13.5. The number of nitrogens with one attached hydrogen (secondary N) is 1. The minimum Gasteiger partial charge on any atom is -0.325 e. The smallest absolute Gasteiger partial charge is 0.270 e. The predicted octanol–water partition coefficient (Wildman–Crippen LogP) is 4.11. The number of anilines is 2. The molecular weight excluding hydrogens is 470 g/mol. The molecule has 0 aliphatic carbocycles. The molecule has 1 saturated heterocycles. The van der Waals surface area contributed by atoms with Crippen molar-refractivity contribution in [2.45, 2.75) is 6.42 Å². The van der Waals surface area contributed by atoms with Crippen LogP contribution in [0.3, 0.4) is 0 Å². The normalized spacial score (nSPS) is 16.6. The fourth-order valence-corrected chi connectivity index (χ4v) is 3.44. The number of hydrogen-bond acceptors (Lipinski definition) is 4. The van der Waals surface area contributed by atoms with Crippen LogP contribution in [0.2, 0.25) is 0 Å². The van der Waals surface area contributed by atoms with Gasteiger partial charge < -0.3 is 10.2 Å². The van der Waals surface area contributed by atoms with Crippen LogP contribution in [0, 0.1) is 16.0 Å². The number of benzene rings is 2. The zero-order valence-electron chi connectivity index (χ0n) is 13.3. The molecule has 1 atom stereocenters. The first-order valence-corrected chi connectivity index (χ1v) is 9.24. The standard InChI is InChI=1S/C17H13Br2N3O4/c18-11-1-3-12(4-2-11)21-9-10(7-16(21)23)17(24)20-15-6-5-13(22(25)26)8-14(15)19/h1-6,8,10H,7,9H2,(H,20,24)/t10-/m1/s1. The Morgan fingerprint density at radius 1 is 1.19 bits per heavy atom. The van der Waals surface area contributed by atoms with Crippen molar-refractivity contribution in [1.82, 2.24) is 0 Å². The maximum Gasteiger partial charge on any atom is 0.270 e. The Balaban J connectivity index is 1.70. The summed E-state index contributed by atoms with van der Waals surface area (Å²) in [7, 11) is 0. The van der Waals surface area contributed by atoms with Crippen LogP contribution in [-0.4, -0.2) is 23.3 Å². The van der Waals surface area contributed by atoms with Gasteiger partial charge in [-0.3, -0.25) is 19.7 Å². The first kappa shape index (κ1) is 18.5. The van der Waals surface area contributed by atoms with Gasteiger partial charge in [0.15, 0.2) is 0 Å². The lowest BCUT2D eigenvalue weighted by molar-refractivity contribution is -0.384. The monoisotopic (exact) mass is 481 g/mol. The highest BCUT2D eigenvalue weighted by atomic mass is 79.9. The Hall–Kier alpha value is -2.26. The van der Waals surface area contributed by atoms with E-state index >= 15 is 0 Å². The first-order valence-electron chi connectivity index (χ1n) is 7.66. The lowest BCUT2D eigenvalue weighted by Crippen LogP contribution is -2.28. The maximum absolute atomic E-state index is 12.5. The van der Waals surface area contributed by atoms with Gasteiger partial charge in [0, 0.05) is 39.7 Å². The van der Waals surface area contributed by atoms with Gasteiger partial charge in [0.25, 0.3) is 5.69 Å². The fourth-order valence-electron chi connectivity index (χ4n) is 2.71. The largest absolute Gasteiger partial charge is 0.325 e. The molecule has 1 aliphatic rings. The number of rotatable bonds is 4. The van der Waals surface area contributed by atoms with E-state index in [-0.39, 0.29) is 30.5 Å². The van der Waals surface area contributed by atoms with E-state index in [0.717, 1.165) is 10.2 Å². The summed E-state index contributed by atoms with van der Waals surface area (Å²) < 4.78 is 1.32. The molecule has 7 nitrogen and oxygen atoms in total. The summed E-state index contributed by atoms with van der Waals surface area (Å²) in [6.07, 6.45) is 0.118. The third-order valence-corrected chi connectivity index (χ3v) is 5.24. The number of hydrogen-bond donors (Lipinski definition) is 1. The fraction of sp³-hybridized carbons (Fsp3) is 0.176.